The van der Waals surface area contributed by atoms with Gasteiger partial charge in [0.15, 0.2) is 11.5 Å². The van der Waals surface area contributed by atoms with Crippen LogP contribution in [0.5, 0.6) is 0 Å². The summed E-state index contributed by atoms with van der Waals surface area (Å²) in [5.41, 5.74) is 8.55. The zero-order valence-corrected chi connectivity index (χ0v) is 5.92. The first-order chi connectivity index (χ1) is 5.27. The Hall–Kier alpha value is -1.65. The van der Waals surface area contributed by atoms with E-state index < -0.39 is 0 Å². The summed E-state index contributed by atoms with van der Waals surface area (Å²) in [6.07, 6.45) is 1.51. The largest absolute Gasteiger partial charge is 0.340 e. The zero-order valence-electron chi connectivity index (χ0n) is 5.92. The summed E-state index contributed by atoms with van der Waals surface area (Å²) >= 11 is 0. The average Bonchev–Trinajstić information content (AvgIpc) is 2.34. The summed E-state index contributed by atoms with van der Waals surface area (Å²) in [5, 5.41) is 0. The van der Waals surface area contributed by atoms with Gasteiger partial charge >= 0.3 is 0 Å². The molecule has 2 N–H and O–H groups in total. The van der Waals surface area contributed by atoms with Crippen molar-refractivity contribution in [3.63, 3.8) is 0 Å². The molecule has 2 rings (SSSR count). The molecular formula is C6H6N5. The van der Waals surface area contributed by atoms with Gasteiger partial charge < -0.3 is 4.98 Å². The molecule has 0 saturated carbocycles. The third kappa shape index (κ3) is 0.813. The van der Waals surface area contributed by atoms with Crippen molar-refractivity contribution in [2.45, 2.75) is 6.92 Å². The standard InChI is InChI=1S/C6H6N5/c1-3-10-5(7)4-6(11-3)9-2-8-4/h2,7H,1H3,(H,8,9,10,11). The van der Waals surface area contributed by atoms with Gasteiger partial charge in [0.05, 0.1) is 6.33 Å². The lowest BCUT2D eigenvalue weighted by Gasteiger charge is -1.93. The molecule has 0 saturated heterocycles. The first-order valence-corrected chi connectivity index (χ1v) is 3.16. The monoisotopic (exact) mass is 148 g/mol. The van der Waals surface area contributed by atoms with E-state index in [1.807, 2.05) is 0 Å². The molecule has 0 aliphatic heterocycles. The second-order valence-corrected chi connectivity index (χ2v) is 2.22. The SMILES string of the molecule is Cc1nc([NH])c2[nH]cnc2n1. The van der Waals surface area contributed by atoms with Gasteiger partial charge in [-0.3, -0.25) is 5.73 Å². The molecule has 5 nitrogen and oxygen atoms in total. The van der Waals surface area contributed by atoms with E-state index in [9.17, 15) is 0 Å². The number of nitrogens with one attached hydrogen (secondary N) is 2. The highest BCUT2D eigenvalue weighted by Crippen LogP contribution is 2.12. The van der Waals surface area contributed by atoms with Crippen LogP contribution in [0.1, 0.15) is 5.82 Å². The molecule has 11 heavy (non-hydrogen) atoms. The van der Waals surface area contributed by atoms with E-state index in [4.69, 9.17) is 5.73 Å². The van der Waals surface area contributed by atoms with E-state index >= 15 is 0 Å². The number of aromatic amines is 1. The molecule has 0 aliphatic rings. The van der Waals surface area contributed by atoms with Gasteiger partial charge in [0, 0.05) is 0 Å². The number of nitrogens with zero attached hydrogens (tertiary/aromatic N) is 3. The minimum atomic E-state index is 0.199. The van der Waals surface area contributed by atoms with Gasteiger partial charge in [0.2, 0.25) is 0 Å². The average molecular weight is 148 g/mol. The summed E-state index contributed by atoms with van der Waals surface area (Å²) in [5.74, 6) is 0.777. The van der Waals surface area contributed by atoms with Crippen LogP contribution in [0.3, 0.4) is 0 Å². The zero-order chi connectivity index (χ0) is 7.84. The fourth-order valence-electron chi connectivity index (χ4n) is 0.942. The fourth-order valence-corrected chi connectivity index (χ4v) is 0.942. The highest BCUT2D eigenvalue weighted by Gasteiger charge is 2.03. The van der Waals surface area contributed by atoms with Crippen molar-refractivity contribution in [3.05, 3.63) is 12.2 Å². The molecule has 0 fully saturated rings. The van der Waals surface area contributed by atoms with E-state index in [0.29, 0.717) is 17.0 Å². The van der Waals surface area contributed by atoms with E-state index in [-0.39, 0.29) is 5.82 Å². The molecule has 0 aliphatic carbocycles. The van der Waals surface area contributed by atoms with Crippen LogP contribution in [0, 0.1) is 6.92 Å². The van der Waals surface area contributed by atoms with Crippen molar-refractivity contribution in [1.29, 1.82) is 0 Å². The summed E-state index contributed by atoms with van der Waals surface area (Å²) in [4.78, 5) is 14.6. The molecule has 0 unspecified atom stereocenters. The van der Waals surface area contributed by atoms with Crippen molar-refractivity contribution in [3.8, 4) is 0 Å². The van der Waals surface area contributed by atoms with Crippen LogP contribution in [0.15, 0.2) is 6.33 Å². The molecule has 2 aromatic heterocycles. The highest BCUT2D eigenvalue weighted by molar-refractivity contribution is 5.79. The summed E-state index contributed by atoms with van der Waals surface area (Å²) in [7, 11) is 0. The van der Waals surface area contributed by atoms with Crippen LogP contribution < -0.4 is 5.73 Å². The van der Waals surface area contributed by atoms with Crippen molar-refractivity contribution in [2.24, 2.45) is 0 Å². The molecule has 1 radical (unpaired) electrons. The van der Waals surface area contributed by atoms with E-state index in [1.54, 1.807) is 6.92 Å². The topological polar surface area (TPSA) is 78.3 Å². The first kappa shape index (κ1) is 6.09. The fraction of sp³-hybridized carbons (Fsp3) is 0.167. The van der Waals surface area contributed by atoms with Gasteiger partial charge in [0.1, 0.15) is 11.3 Å². The van der Waals surface area contributed by atoms with Crippen molar-refractivity contribution in [1.82, 2.24) is 25.7 Å². The second kappa shape index (κ2) is 1.91. The molecular weight excluding hydrogens is 142 g/mol. The van der Waals surface area contributed by atoms with Gasteiger partial charge in [-0.05, 0) is 6.92 Å². The Labute approximate surface area is 62.7 Å². The summed E-state index contributed by atoms with van der Waals surface area (Å²) in [6.45, 7) is 1.74. The van der Waals surface area contributed by atoms with Gasteiger partial charge in [0.25, 0.3) is 0 Å². The Bertz CT molecular complexity index is 391. The number of hydrogen-bond acceptors (Lipinski definition) is 3. The molecule has 55 valence electrons. The van der Waals surface area contributed by atoms with Gasteiger partial charge in [-0.1, -0.05) is 0 Å². The maximum absolute atomic E-state index is 7.40. The third-order valence-corrected chi connectivity index (χ3v) is 1.40. The van der Waals surface area contributed by atoms with Crippen LogP contribution in [0.4, 0.5) is 5.82 Å². The Kier molecular flexibility index (Phi) is 1.06. The van der Waals surface area contributed by atoms with E-state index in [1.165, 1.54) is 6.33 Å². The minimum absolute atomic E-state index is 0.199. The maximum atomic E-state index is 7.40. The normalized spacial score (nSPS) is 10.6. The molecule has 0 atom stereocenters. The van der Waals surface area contributed by atoms with Crippen molar-refractivity contribution in [2.75, 3.05) is 0 Å². The van der Waals surface area contributed by atoms with Crippen LogP contribution in [0.2, 0.25) is 0 Å². The molecule has 0 amide bonds. The minimum Gasteiger partial charge on any atom is -0.340 e. The maximum Gasteiger partial charge on any atom is 0.183 e. The Morgan fingerprint density at radius 3 is 3.09 bits per heavy atom. The number of aromatic nitrogens is 4. The summed E-state index contributed by atoms with van der Waals surface area (Å²) < 4.78 is 0. The highest BCUT2D eigenvalue weighted by atomic mass is 15.0. The Morgan fingerprint density at radius 2 is 2.27 bits per heavy atom. The smallest absolute Gasteiger partial charge is 0.183 e. The second-order valence-electron chi connectivity index (χ2n) is 2.22. The predicted octanol–water partition coefficient (Wildman–Crippen LogP) is 0.576. The van der Waals surface area contributed by atoms with Crippen LogP contribution in [0.25, 0.3) is 11.2 Å². The summed E-state index contributed by atoms with van der Waals surface area (Å²) in [6, 6.07) is 0. The van der Waals surface area contributed by atoms with Gasteiger partial charge in [-0.25, -0.2) is 15.0 Å². The van der Waals surface area contributed by atoms with E-state index in [2.05, 4.69) is 19.9 Å². The molecule has 0 bridgehead atoms. The third-order valence-electron chi connectivity index (χ3n) is 1.40. The van der Waals surface area contributed by atoms with Crippen LogP contribution >= 0.6 is 0 Å². The number of imidazole rings is 1. The van der Waals surface area contributed by atoms with Crippen LogP contribution in [-0.4, -0.2) is 19.9 Å². The number of H-pyrrole nitrogens is 1. The molecule has 0 aromatic carbocycles. The van der Waals surface area contributed by atoms with E-state index in [0.717, 1.165) is 0 Å². The van der Waals surface area contributed by atoms with Crippen molar-refractivity contribution >= 4 is 17.0 Å². The lowest BCUT2D eigenvalue weighted by molar-refractivity contribution is 1.07. The number of aryl methyl sites for hydroxylation is 1. The predicted molar refractivity (Wildman–Crippen MR) is 39.2 cm³/mol. The van der Waals surface area contributed by atoms with Gasteiger partial charge in [-0.15, -0.1) is 0 Å². The number of fused-ring (bicyclic) bond motifs is 1. The Morgan fingerprint density at radius 1 is 1.45 bits per heavy atom. The lowest BCUT2D eigenvalue weighted by atomic mass is 10.5. The molecule has 2 aromatic rings. The lowest BCUT2D eigenvalue weighted by Crippen LogP contribution is -1.89. The van der Waals surface area contributed by atoms with Gasteiger partial charge in [-0.2, -0.15) is 0 Å². The number of rotatable bonds is 0. The van der Waals surface area contributed by atoms with Crippen LogP contribution in [-0.2, 0) is 0 Å². The molecule has 0 spiro atoms. The van der Waals surface area contributed by atoms with Crippen molar-refractivity contribution < 1.29 is 0 Å². The Balaban J connectivity index is 2.91. The molecule has 5 heteroatoms. The molecule has 2 heterocycles. The first-order valence-electron chi connectivity index (χ1n) is 3.16. The quantitative estimate of drug-likeness (QED) is 0.593. The number of hydrogen-bond donors (Lipinski definition) is 1.